The number of nitrogens with two attached hydrogens (primary N) is 1. The lowest BCUT2D eigenvalue weighted by atomic mass is 9.90. The number of amides is 1. The summed E-state index contributed by atoms with van der Waals surface area (Å²) in [6.07, 6.45) is 2.08. The average molecular weight is 264 g/mol. The predicted molar refractivity (Wildman–Crippen MR) is 73.4 cm³/mol. The number of carbonyl (C=O) groups is 1. The Kier molecular flexibility index (Phi) is 4.20. The van der Waals surface area contributed by atoms with Gasteiger partial charge in [-0.05, 0) is 43.4 Å². The van der Waals surface area contributed by atoms with E-state index in [0.717, 1.165) is 12.8 Å². The molecular formula is C15H21FN2O. The van der Waals surface area contributed by atoms with E-state index in [1.807, 2.05) is 0 Å². The summed E-state index contributed by atoms with van der Waals surface area (Å²) in [4.78, 5) is 14.3. The van der Waals surface area contributed by atoms with Crippen LogP contribution in [0.1, 0.15) is 35.7 Å². The molecule has 0 saturated carbocycles. The van der Waals surface area contributed by atoms with Crippen molar-refractivity contribution in [2.45, 2.75) is 32.7 Å². The van der Waals surface area contributed by atoms with Crippen LogP contribution in [-0.2, 0) is 0 Å². The third-order valence-electron chi connectivity index (χ3n) is 4.04. The van der Waals surface area contributed by atoms with Crippen LogP contribution in [0, 0.1) is 18.7 Å². The summed E-state index contributed by atoms with van der Waals surface area (Å²) in [6.45, 7) is 4.98. The lowest BCUT2D eigenvalue weighted by Gasteiger charge is -2.39. The standard InChI is InChI=1S/C15H21FN2O/c1-10-5-6-12(8-13(10)16)15(19)18-7-3-4-11(2)14(18)9-17/h5-6,8,11,14H,3-4,7,9,17H2,1-2H3/t11-,14+/m1/s1. The minimum absolute atomic E-state index is 0.0608. The Morgan fingerprint density at radius 1 is 1.53 bits per heavy atom. The Labute approximate surface area is 113 Å². The fourth-order valence-corrected chi connectivity index (χ4v) is 2.75. The first-order valence-corrected chi connectivity index (χ1v) is 6.81. The molecule has 1 aromatic rings. The van der Waals surface area contributed by atoms with Crippen molar-refractivity contribution in [3.05, 3.63) is 35.1 Å². The number of halogens is 1. The number of piperidine rings is 1. The van der Waals surface area contributed by atoms with Crippen molar-refractivity contribution in [2.75, 3.05) is 13.1 Å². The van der Waals surface area contributed by atoms with Crippen molar-refractivity contribution in [2.24, 2.45) is 11.7 Å². The molecule has 1 fully saturated rings. The maximum Gasteiger partial charge on any atom is 0.254 e. The van der Waals surface area contributed by atoms with Gasteiger partial charge in [-0.1, -0.05) is 13.0 Å². The van der Waals surface area contributed by atoms with Gasteiger partial charge in [0.2, 0.25) is 0 Å². The van der Waals surface area contributed by atoms with E-state index in [1.54, 1.807) is 24.0 Å². The van der Waals surface area contributed by atoms with E-state index in [9.17, 15) is 9.18 Å². The van der Waals surface area contributed by atoms with Gasteiger partial charge in [0.25, 0.3) is 5.91 Å². The van der Waals surface area contributed by atoms with Gasteiger partial charge in [-0.3, -0.25) is 4.79 Å². The van der Waals surface area contributed by atoms with Crippen LogP contribution in [0.5, 0.6) is 0 Å². The third-order valence-corrected chi connectivity index (χ3v) is 4.04. The maximum atomic E-state index is 13.6. The van der Waals surface area contributed by atoms with E-state index in [0.29, 0.717) is 30.1 Å². The van der Waals surface area contributed by atoms with Crippen LogP contribution >= 0.6 is 0 Å². The summed E-state index contributed by atoms with van der Waals surface area (Å²) >= 11 is 0. The fraction of sp³-hybridized carbons (Fsp3) is 0.533. The molecule has 0 spiro atoms. The molecule has 1 saturated heterocycles. The fourth-order valence-electron chi connectivity index (χ4n) is 2.75. The quantitative estimate of drug-likeness (QED) is 0.891. The zero-order valence-electron chi connectivity index (χ0n) is 11.5. The molecule has 3 nitrogen and oxygen atoms in total. The Morgan fingerprint density at radius 2 is 2.26 bits per heavy atom. The lowest BCUT2D eigenvalue weighted by molar-refractivity contribution is 0.0532. The van der Waals surface area contributed by atoms with Crippen molar-refractivity contribution in [1.82, 2.24) is 4.90 Å². The number of likely N-dealkylation sites (tertiary alicyclic amines) is 1. The number of benzene rings is 1. The number of hydrogen-bond donors (Lipinski definition) is 1. The van der Waals surface area contributed by atoms with Gasteiger partial charge in [-0.2, -0.15) is 0 Å². The van der Waals surface area contributed by atoms with E-state index >= 15 is 0 Å². The SMILES string of the molecule is Cc1ccc(C(=O)N2CCC[C@@H](C)[C@@H]2CN)cc1F. The molecule has 19 heavy (non-hydrogen) atoms. The number of aryl methyl sites for hydroxylation is 1. The Morgan fingerprint density at radius 3 is 2.89 bits per heavy atom. The second-order valence-electron chi connectivity index (χ2n) is 5.39. The summed E-state index contributed by atoms with van der Waals surface area (Å²) in [5.41, 5.74) is 6.75. The molecule has 0 radical (unpaired) electrons. The molecule has 104 valence electrons. The largest absolute Gasteiger partial charge is 0.334 e. The molecule has 4 heteroatoms. The van der Waals surface area contributed by atoms with Crippen LogP contribution in [0.4, 0.5) is 4.39 Å². The molecule has 1 aliphatic heterocycles. The monoisotopic (exact) mass is 264 g/mol. The van der Waals surface area contributed by atoms with Gasteiger partial charge in [0.1, 0.15) is 5.82 Å². The summed E-state index contributed by atoms with van der Waals surface area (Å²) in [7, 11) is 0. The zero-order valence-corrected chi connectivity index (χ0v) is 11.5. The van der Waals surface area contributed by atoms with Crippen LogP contribution in [0.3, 0.4) is 0 Å². The van der Waals surface area contributed by atoms with E-state index in [4.69, 9.17) is 5.73 Å². The summed E-state index contributed by atoms with van der Waals surface area (Å²) in [5.74, 6) is -0.0425. The zero-order chi connectivity index (χ0) is 14.0. The van der Waals surface area contributed by atoms with Crippen LogP contribution in [-0.4, -0.2) is 29.9 Å². The van der Waals surface area contributed by atoms with Crippen LogP contribution in [0.2, 0.25) is 0 Å². The van der Waals surface area contributed by atoms with Gasteiger partial charge in [-0.25, -0.2) is 4.39 Å². The van der Waals surface area contributed by atoms with Crippen molar-refractivity contribution in [3.8, 4) is 0 Å². The van der Waals surface area contributed by atoms with Crippen molar-refractivity contribution in [1.29, 1.82) is 0 Å². The van der Waals surface area contributed by atoms with Gasteiger partial charge in [0.05, 0.1) is 0 Å². The number of rotatable bonds is 2. The van der Waals surface area contributed by atoms with Crippen LogP contribution < -0.4 is 5.73 Å². The maximum absolute atomic E-state index is 13.6. The molecule has 1 heterocycles. The highest BCUT2D eigenvalue weighted by atomic mass is 19.1. The first-order valence-electron chi connectivity index (χ1n) is 6.81. The molecule has 1 amide bonds. The highest BCUT2D eigenvalue weighted by Gasteiger charge is 2.31. The van der Waals surface area contributed by atoms with Crippen LogP contribution in [0.15, 0.2) is 18.2 Å². The second-order valence-corrected chi connectivity index (χ2v) is 5.39. The molecule has 2 atom stereocenters. The van der Waals surface area contributed by atoms with Gasteiger partial charge in [0.15, 0.2) is 0 Å². The third kappa shape index (κ3) is 2.78. The molecule has 1 aliphatic rings. The Bertz CT molecular complexity index is 475. The second kappa shape index (κ2) is 5.70. The van der Waals surface area contributed by atoms with E-state index in [-0.39, 0.29) is 17.8 Å². The smallest absolute Gasteiger partial charge is 0.254 e. The molecule has 2 rings (SSSR count). The topological polar surface area (TPSA) is 46.3 Å². The average Bonchev–Trinajstić information content (AvgIpc) is 2.40. The predicted octanol–water partition coefficient (Wildman–Crippen LogP) is 2.33. The van der Waals surface area contributed by atoms with Crippen LogP contribution in [0.25, 0.3) is 0 Å². The molecule has 0 unspecified atom stereocenters. The molecular weight excluding hydrogens is 243 g/mol. The molecule has 0 aromatic heterocycles. The summed E-state index contributed by atoms with van der Waals surface area (Å²) < 4.78 is 13.6. The van der Waals surface area contributed by atoms with Crippen molar-refractivity contribution < 1.29 is 9.18 Å². The number of carbonyl (C=O) groups excluding carboxylic acids is 1. The first-order chi connectivity index (χ1) is 9.04. The Balaban J connectivity index is 2.24. The van der Waals surface area contributed by atoms with E-state index in [1.165, 1.54) is 6.07 Å². The number of nitrogens with zero attached hydrogens (tertiary/aromatic N) is 1. The van der Waals surface area contributed by atoms with Crippen molar-refractivity contribution >= 4 is 5.91 Å². The van der Waals surface area contributed by atoms with Gasteiger partial charge < -0.3 is 10.6 Å². The highest BCUT2D eigenvalue weighted by molar-refractivity contribution is 5.94. The summed E-state index contributed by atoms with van der Waals surface area (Å²) in [6, 6.07) is 4.72. The summed E-state index contributed by atoms with van der Waals surface area (Å²) in [5, 5.41) is 0. The first kappa shape index (κ1) is 14.0. The van der Waals surface area contributed by atoms with Gasteiger partial charge >= 0.3 is 0 Å². The van der Waals surface area contributed by atoms with Crippen molar-refractivity contribution in [3.63, 3.8) is 0 Å². The van der Waals surface area contributed by atoms with Gasteiger partial charge in [0, 0.05) is 24.7 Å². The minimum Gasteiger partial charge on any atom is -0.334 e. The number of hydrogen-bond acceptors (Lipinski definition) is 2. The van der Waals surface area contributed by atoms with E-state index < -0.39 is 0 Å². The van der Waals surface area contributed by atoms with E-state index in [2.05, 4.69) is 6.92 Å². The molecule has 0 bridgehead atoms. The minimum atomic E-state index is -0.333. The molecule has 0 aliphatic carbocycles. The highest BCUT2D eigenvalue weighted by Crippen LogP contribution is 2.24. The lowest BCUT2D eigenvalue weighted by Crippen LogP contribution is -2.51. The van der Waals surface area contributed by atoms with Gasteiger partial charge in [-0.15, -0.1) is 0 Å². The Hall–Kier alpha value is -1.42. The molecule has 1 aromatic carbocycles. The normalized spacial score (nSPS) is 23.5. The molecule has 2 N–H and O–H groups in total.